The molecule has 7 heteroatoms. The van der Waals surface area contributed by atoms with Gasteiger partial charge in [0.15, 0.2) is 5.16 Å². The number of nitrogens with zero attached hydrogens (tertiary/aromatic N) is 3. The van der Waals surface area contributed by atoms with Gasteiger partial charge in [-0.2, -0.15) is 0 Å². The van der Waals surface area contributed by atoms with E-state index in [9.17, 15) is 4.79 Å². The van der Waals surface area contributed by atoms with Gasteiger partial charge in [0.1, 0.15) is 17.7 Å². The highest BCUT2D eigenvalue weighted by atomic mass is 32.2. The quantitative estimate of drug-likeness (QED) is 0.388. The molecule has 136 valence electrons. The Bertz CT molecular complexity index is 1160. The molecule has 1 aromatic carbocycles. The SMILES string of the molecule is O=c1cc(CSc2nncn2Cc2ccco2)c2cc3c(cc2o1)CCC3. The second-order valence-electron chi connectivity index (χ2n) is 6.67. The summed E-state index contributed by atoms with van der Waals surface area (Å²) < 4.78 is 12.8. The topological polar surface area (TPSA) is 74.1 Å². The molecular formula is C20H17N3O3S. The van der Waals surface area contributed by atoms with E-state index in [4.69, 9.17) is 8.83 Å². The normalized spacial score (nSPS) is 13.3. The maximum Gasteiger partial charge on any atom is 0.336 e. The standard InChI is InChI=1S/C20H17N3O3S/c24-19-9-15(17-7-13-3-1-4-14(13)8-18(17)26-19)11-27-20-22-21-12-23(20)10-16-5-2-6-25-16/h2,5-9,12H,1,3-4,10-11H2. The van der Waals surface area contributed by atoms with Gasteiger partial charge in [-0.1, -0.05) is 11.8 Å². The Balaban J connectivity index is 1.44. The van der Waals surface area contributed by atoms with E-state index in [1.807, 2.05) is 22.8 Å². The Kier molecular flexibility index (Phi) is 4.09. The minimum absolute atomic E-state index is 0.312. The largest absolute Gasteiger partial charge is 0.467 e. The van der Waals surface area contributed by atoms with Gasteiger partial charge < -0.3 is 13.4 Å². The summed E-state index contributed by atoms with van der Waals surface area (Å²) in [7, 11) is 0. The Labute approximate surface area is 159 Å². The van der Waals surface area contributed by atoms with Crippen molar-refractivity contribution in [2.24, 2.45) is 0 Å². The molecule has 0 bridgehead atoms. The molecular weight excluding hydrogens is 362 g/mol. The average molecular weight is 379 g/mol. The zero-order valence-corrected chi connectivity index (χ0v) is 15.4. The minimum atomic E-state index is -0.312. The molecule has 0 aliphatic heterocycles. The second-order valence-corrected chi connectivity index (χ2v) is 7.61. The molecule has 5 rings (SSSR count). The van der Waals surface area contributed by atoms with Gasteiger partial charge in [0.25, 0.3) is 0 Å². The number of hydrogen-bond acceptors (Lipinski definition) is 6. The third-order valence-electron chi connectivity index (χ3n) is 4.89. The smallest absolute Gasteiger partial charge is 0.336 e. The molecule has 27 heavy (non-hydrogen) atoms. The van der Waals surface area contributed by atoms with E-state index < -0.39 is 0 Å². The van der Waals surface area contributed by atoms with Crippen LogP contribution in [-0.2, 0) is 25.1 Å². The van der Waals surface area contributed by atoms with Gasteiger partial charge in [-0.25, -0.2) is 4.79 Å². The fourth-order valence-electron chi connectivity index (χ4n) is 3.59. The predicted molar refractivity (Wildman–Crippen MR) is 102 cm³/mol. The highest BCUT2D eigenvalue weighted by Gasteiger charge is 2.16. The van der Waals surface area contributed by atoms with Crippen LogP contribution in [0.5, 0.6) is 0 Å². The number of thioether (sulfide) groups is 1. The van der Waals surface area contributed by atoms with Crippen molar-refractivity contribution < 1.29 is 8.83 Å². The average Bonchev–Trinajstić information content (AvgIpc) is 3.40. The van der Waals surface area contributed by atoms with E-state index in [0.29, 0.717) is 17.9 Å². The van der Waals surface area contributed by atoms with Crippen LogP contribution in [0.15, 0.2) is 61.7 Å². The lowest BCUT2D eigenvalue weighted by atomic mass is 10.0. The number of rotatable bonds is 5. The van der Waals surface area contributed by atoms with Crippen LogP contribution in [0.25, 0.3) is 11.0 Å². The lowest BCUT2D eigenvalue weighted by molar-refractivity contribution is 0.484. The number of aromatic nitrogens is 3. The van der Waals surface area contributed by atoms with Gasteiger partial charge in [0, 0.05) is 17.2 Å². The predicted octanol–water partition coefficient (Wildman–Crippen LogP) is 3.81. The molecule has 0 fully saturated rings. The fraction of sp³-hybridized carbons (Fsp3) is 0.250. The number of benzene rings is 1. The first kappa shape index (κ1) is 16.4. The summed E-state index contributed by atoms with van der Waals surface area (Å²) >= 11 is 1.55. The van der Waals surface area contributed by atoms with Gasteiger partial charge in [0.2, 0.25) is 0 Å². The molecule has 0 N–H and O–H groups in total. The number of furan rings is 1. The summed E-state index contributed by atoms with van der Waals surface area (Å²) in [6.45, 7) is 0.577. The van der Waals surface area contributed by atoms with E-state index in [2.05, 4.69) is 16.3 Å². The number of fused-ring (bicyclic) bond motifs is 2. The van der Waals surface area contributed by atoms with E-state index in [0.717, 1.165) is 41.1 Å². The number of hydrogen-bond donors (Lipinski definition) is 0. The van der Waals surface area contributed by atoms with Crippen LogP contribution in [0.4, 0.5) is 0 Å². The first-order valence-corrected chi connectivity index (χ1v) is 9.86. The summed E-state index contributed by atoms with van der Waals surface area (Å²) in [6.07, 6.45) is 6.66. The van der Waals surface area contributed by atoms with Crippen molar-refractivity contribution in [1.29, 1.82) is 0 Å². The van der Waals surface area contributed by atoms with Crippen molar-refractivity contribution in [2.45, 2.75) is 36.7 Å². The monoisotopic (exact) mass is 379 g/mol. The molecule has 0 saturated carbocycles. The third kappa shape index (κ3) is 3.19. The first-order chi connectivity index (χ1) is 13.3. The van der Waals surface area contributed by atoms with Crippen LogP contribution in [-0.4, -0.2) is 14.8 Å². The summed E-state index contributed by atoms with van der Waals surface area (Å²) in [5.74, 6) is 1.47. The van der Waals surface area contributed by atoms with E-state index in [-0.39, 0.29) is 5.63 Å². The first-order valence-electron chi connectivity index (χ1n) is 8.88. The molecule has 1 aliphatic carbocycles. The summed E-state index contributed by atoms with van der Waals surface area (Å²) in [4.78, 5) is 12.0. The van der Waals surface area contributed by atoms with E-state index in [1.54, 1.807) is 30.4 Å². The van der Waals surface area contributed by atoms with E-state index >= 15 is 0 Å². The molecule has 0 atom stereocenters. The van der Waals surface area contributed by atoms with Crippen LogP contribution < -0.4 is 5.63 Å². The van der Waals surface area contributed by atoms with Crippen LogP contribution >= 0.6 is 11.8 Å². The highest BCUT2D eigenvalue weighted by molar-refractivity contribution is 7.98. The van der Waals surface area contributed by atoms with Gasteiger partial charge in [-0.05, 0) is 60.2 Å². The Morgan fingerprint density at radius 2 is 2.07 bits per heavy atom. The molecule has 0 saturated heterocycles. The summed E-state index contributed by atoms with van der Waals surface area (Å²) in [5, 5.41) is 10.0. The van der Waals surface area contributed by atoms with Crippen molar-refractivity contribution in [1.82, 2.24) is 14.8 Å². The lowest BCUT2D eigenvalue weighted by Crippen LogP contribution is -2.02. The maximum absolute atomic E-state index is 12.0. The summed E-state index contributed by atoms with van der Waals surface area (Å²) in [6, 6.07) is 9.59. The van der Waals surface area contributed by atoms with Crippen LogP contribution in [0.2, 0.25) is 0 Å². The van der Waals surface area contributed by atoms with Crippen molar-refractivity contribution in [3.05, 3.63) is 75.8 Å². The fourth-order valence-corrected chi connectivity index (χ4v) is 4.50. The van der Waals surface area contributed by atoms with Gasteiger partial charge in [-0.3, -0.25) is 0 Å². The van der Waals surface area contributed by atoms with Gasteiger partial charge in [-0.15, -0.1) is 10.2 Å². The Morgan fingerprint density at radius 3 is 2.93 bits per heavy atom. The summed E-state index contributed by atoms with van der Waals surface area (Å²) in [5.41, 5.74) is 4.00. The van der Waals surface area contributed by atoms with Gasteiger partial charge in [0.05, 0.1) is 12.8 Å². The zero-order valence-electron chi connectivity index (χ0n) is 14.6. The molecule has 0 radical (unpaired) electrons. The zero-order chi connectivity index (χ0) is 18.2. The lowest BCUT2D eigenvalue weighted by Gasteiger charge is -2.08. The highest BCUT2D eigenvalue weighted by Crippen LogP contribution is 2.31. The van der Waals surface area contributed by atoms with Gasteiger partial charge >= 0.3 is 5.63 Å². The second kappa shape index (κ2) is 6.74. The van der Waals surface area contributed by atoms with Crippen LogP contribution in [0.1, 0.15) is 28.9 Å². The molecule has 4 aromatic rings. The third-order valence-corrected chi connectivity index (χ3v) is 5.92. The molecule has 0 amide bonds. The Morgan fingerprint density at radius 1 is 1.19 bits per heavy atom. The Hall–Kier alpha value is -2.80. The van der Waals surface area contributed by atoms with Crippen molar-refractivity contribution >= 4 is 22.7 Å². The van der Waals surface area contributed by atoms with Crippen molar-refractivity contribution in [3.8, 4) is 0 Å². The van der Waals surface area contributed by atoms with Crippen LogP contribution in [0, 0.1) is 0 Å². The minimum Gasteiger partial charge on any atom is -0.467 e. The molecule has 3 heterocycles. The molecule has 6 nitrogen and oxygen atoms in total. The van der Waals surface area contributed by atoms with Crippen LogP contribution in [0.3, 0.4) is 0 Å². The molecule has 0 unspecified atom stereocenters. The van der Waals surface area contributed by atoms with Crippen molar-refractivity contribution in [3.63, 3.8) is 0 Å². The maximum atomic E-state index is 12.0. The van der Waals surface area contributed by atoms with Crippen molar-refractivity contribution in [2.75, 3.05) is 0 Å². The molecule has 1 aliphatic rings. The number of aryl methyl sites for hydroxylation is 2. The van der Waals surface area contributed by atoms with E-state index in [1.165, 1.54) is 11.1 Å². The molecule has 0 spiro atoms. The molecule has 3 aromatic heterocycles.